The minimum atomic E-state index is -1.13. The molecule has 0 radical (unpaired) electrons. The van der Waals surface area contributed by atoms with Gasteiger partial charge in [0.25, 0.3) is 5.91 Å². The molecule has 154 valence electrons. The zero-order valence-electron chi connectivity index (χ0n) is 15.7. The number of hydrogen-bond acceptors (Lipinski definition) is 5. The fraction of sp³-hybridized carbons (Fsp3) is 0.190. The van der Waals surface area contributed by atoms with Crippen LogP contribution in [-0.4, -0.2) is 21.7 Å². The molecule has 1 aliphatic rings. The Morgan fingerprint density at radius 1 is 1.20 bits per heavy atom. The molecule has 4 N–H and O–H groups in total. The summed E-state index contributed by atoms with van der Waals surface area (Å²) in [7, 11) is 0. The van der Waals surface area contributed by atoms with Crippen LogP contribution < -0.4 is 11.5 Å². The molecule has 1 unspecified atom stereocenters. The number of nitrogen functional groups attached to an aromatic ring is 1. The summed E-state index contributed by atoms with van der Waals surface area (Å²) in [5.41, 5.74) is 12.6. The second-order valence-electron chi connectivity index (χ2n) is 7.00. The first kappa shape index (κ1) is 20.0. The zero-order chi connectivity index (χ0) is 21.4. The monoisotopic (exact) mass is 428 g/mol. The number of carbonyl (C=O) groups is 2. The molecule has 0 saturated heterocycles. The lowest BCUT2D eigenvalue weighted by Crippen LogP contribution is -2.43. The molecule has 0 fully saturated rings. The van der Waals surface area contributed by atoms with Gasteiger partial charge in [0.1, 0.15) is 22.6 Å². The first-order valence-corrected chi connectivity index (χ1v) is 10.0. The van der Waals surface area contributed by atoms with Crippen LogP contribution in [0.4, 0.5) is 13.9 Å². The molecule has 4 rings (SSSR count). The Kier molecular flexibility index (Phi) is 5.21. The number of hydrogen-bond donors (Lipinski definition) is 2. The van der Waals surface area contributed by atoms with Crippen molar-refractivity contribution in [3.05, 3.63) is 81.9 Å². The van der Waals surface area contributed by atoms with E-state index in [4.69, 9.17) is 11.5 Å². The molecule has 1 aromatic heterocycles. The Morgan fingerprint density at radius 3 is 2.57 bits per heavy atom. The first-order valence-electron chi connectivity index (χ1n) is 9.23. The highest BCUT2D eigenvalue weighted by molar-refractivity contribution is 7.17. The number of benzene rings is 2. The van der Waals surface area contributed by atoms with Crippen LogP contribution in [0.5, 0.6) is 0 Å². The van der Waals surface area contributed by atoms with Crippen LogP contribution in [0.15, 0.2) is 48.7 Å². The number of aromatic nitrogens is 1. The fourth-order valence-electron chi connectivity index (χ4n) is 3.96. The summed E-state index contributed by atoms with van der Waals surface area (Å²) in [6.07, 6.45) is 1.95. The lowest BCUT2D eigenvalue weighted by molar-refractivity contribution is -0.123. The van der Waals surface area contributed by atoms with E-state index in [1.165, 1.54) is 17.2 Å². The normalized spacial score (nSPS) is 16.1. The minimum absolute atomic E-state index is 0.192. The first-order chi connectivity index (χ1) is 14.4. The van der Waals surface area contributed by atoms with Gasteiger partial charge in [0.2, 0.25) is 5.91 Å². The lowest BCUT2D eigenvalue weighted by atomic mass is 9.99. The van der Waals surface area contributed by atoms with Gasteiger partial charge in [0.15, 0.2) is 5.13 Å². The molecule has 30 heavy (non-hydrogen) atoms. The molecular formula is C21H18F2N4O2S. The van der Waals surface area contributed by atoms with E-state index in [1.54, 1.807) is 30.3 Å². The fourth-order valence-corrected chi connectivity index (χ4v) is 4.59. The third-order valence-corrected chi connectivity index (χ3v) is 6.00. The highest BCUT2D eigenvalue weighted by atomic mass is 32.1. The second-order valence-corrected chi connectivity index (χ2v) is 8.06. The van der Waals surface area contributed by atoms with Crippen molar-refractivity contribution in [3.8, 4) is 0 Å². The largest absolute Gasteiger partial charge is 0.375 e. The van der Waals surface area contributed by atoms with Gasteiger partial charge in [-0.3, -0.25) is 9.59 Å². The van der Waals surface area contributed by atoms with Crippen LogP contribution in [0.3, 0.4) is 0 Å². The summed E-state index contributed by atoms with van der Waals surface area (Å²) < 4.78 is 28.3. The van der Waals surface area contributed by atoms with Crippen LogP contribution in [0.1, 0.15) is 44.9 Å². The van der Waals surface area contributed by atoms with Crippen LogP contribution in [-0.2, 0) is 11.2 Å². The summed E-state index contributed by atoms with van der Waals surface area (Å²) in [5, 5.41) is 0.192. The van der Waals surface area contributed by atoms with E-state index < -0.39 is 35.5 Å². The van der Waals surface area contributed by atoms with E-state index in [1.807, 2.05) is 0 Å². The molecule has 2 aromatic carbocycles. The number of anilines is 1. The van der Waals surface area contributed by atoms with Crippen molar-refractivity contribution in [2.24, 2.45) is 5.73 Å². The summed E-state index contributed by atoms with van der Waals surface area (Å²) in [6.45, 7) is 0. The number of nitrogens with zero attached hydrogens (tertiary/aromatic N) is 2. The van der Waals surface area contributed by atoms with Crippen molar-refractivity contribution >= 4 is 28.3 Å². The quantitative estimate of drug-likeness (QED) is 0.650. The molecule has 1 aliphatic carbocycles. The highest BCUT2D eigenvalue weighted by Crippen LogP contribution is 2.42. The van der Waals surface area contributed by atoms with E-state index in [0.717, 1.165) is 17.4 Å². The van der Waals surface area contributed by atoms with Crippen molar-refractivity contribution < 1.29 is 18.4 Å². The molecule has 0 saturated carbocycles. The number of primary amides is 1. The van der Waals surface area contributed by atoms with E-state index in [0.29, 0.717) is 29.5 Å². The number of nitrogens with two attached hydrogens (primary N) is 2. The van der Waals surface area contributed by atoms with E-state index in [-0.39, 0.29) is 10.0 Å². The number of amides is 2. The maximum Gasteiger partial charge on any atom is 0.267 e. The van der Waals surface area contributed by atoms with Gasteiger partial charge in [-0.05, 0) is 35.6 Å². The Balaban J connectivity index is 1.87. The van der Waals surface area contributed by atoms with E-state index in [9.17, 15) is 18.4 Å². The highest BCUT2D eigenvalue weighted by Gasteiger charge is 2.40. The summed E-state index contributed by atoms with van der Waals surface area (Å²) in [5.74, 6) is -2.70. The molecule has 2 atom stereocenters. The number of carbonyl (C=O) groups excluding carboxylic acids is 2. The topological polar surface area (TPSA) is 102 Å². The van der Waals surface area contributed by atoms with Crippen LogP contribution in [0.2, 0.25) is 0 Å². The van der Waals surface area contributed by atoms with Crippen molar-refractivity contribution in [1.29, 1.82) is 0 Å². The predicted octanol–water partition coefficient (Wildman–Crippen LogP) is 3.36. The van der Waals surface area contributed by atoms with Crippen LogP contribution in [0, 0.1) is 11.6 Å². The molecular weight excluding hydrogens is 410 g/mol. The summed E-state index contributed by atoms with van der Waals surface area (Å²) in [4.78, 5) is 31.4. The Labute approximate surface area is 175 Å². The van der Waals surface area contributed by atoms with Crippen molar-refractivity contribution in [3.63, 3.8) is 0 Å². The average molecular weight is 428 g/mol. The maximum absolute atomic E-state index is 14.3. The molecule has 9 heteroatoms. The van der Waals surface area contributed by atoms with Gasteiger partial charge in [-0.2, -0.15) is 0 Å². The van der Waals surface area contributed by atoms with Gasteiger partial charge < -0.3 is 16.4 Å². The summed E-state index contributed by atoms with van der Waals surface area (Å²) in [6, 6.07) is 8.73. The third-order valence-electron chi connectivity index (χ3n) is 5.19. The number of thiazole rings is 1. The predicted molar refractivity (Wildman–Crippen MR) is 108 cm³/mol. The SMILES string of the molecule is NC(=O)C(c1ccccc1)N(C(=O)c1cnc(N)s1)[C@@H]1CCc2c(F)cc(F)cc21. The maximum atomic E-state index is 14.3. The van der Waals surface area contributed by atoms with Crippen molar-refractivity contribution in [1.82, 2.24) is 9.88 Å². The third kappa shape index (κ3) is 3.52. The Morgan fingerprint density at radius 2 is 1.93 bits per heavy atom. The van der Waals surface area contributed by atoms with E-state index >= 15 is 0 Å². The number of fused-ring (bicyclic) bond motifs is 1. The smallest absolute Gasteiger partial charge is 0.267 e. The van der Waals surface area contributed by atoms with Gasteiger partial charge >= 0.3 is 0 Å². The average Bonchev–Trinajstić information content (AvgIpc) is 3.32. The minimum Gasteiger partial charge on any atom is -0.375 e. The second kappa shape index (κ2) is 7.83. The number of rotatable bonds is 5. The standard InChI is InChI=1S/C21H18F2N4O2S/c22-12-8-14-13(15(23)9-12)6-7-16(14)27(20(29)17-10-26-21(25)30-17)18(19(24)28)11-4-2-1-3-5-11/h1-5,8-10,16,18H,6-7H2,(H2,24,28)(H2,25,26)/t16-,18?/m1/s1. The van der Waals surface area contributed by atoms with Gasteiger partial charge in [-0.1, -0.05) is 41.7 Å². The van der Waals surface area contributed by atoms with Gasteiger partial charge in [0, 0.05) is 6.07 Å². The molecule has 0 aliphatic heterocycles. The van der Waals surface area contributed by atoms with Gasteiger partial charge in [-0.25, -0.2) is 13.8 Å². The lowest BCUT2D eigenvalue weighted by Gasteiger charge is -2.35. The Hall–Kier alpha value is -3.33. The number of halogens is 2. The van der Waals surface area contributed by atoms with Gasteiger partial charge in [0.05, 0.1) is 12.2 Å². The zero-order valence-corrected chi connectivity index (χ0v) is 16.5. The molecule has 1 heterocycles. The molecule has 2 amide bonds. The summed E-state index contributed by atoms with van der Waals surface area (Å²) >= 11 is 0.970. The van der Waals surface area contributed by atoms with Crippen molar-refractivity contribution in [2.45, 2.75) is 24.9 Å². The molecule has 0 bridgehead atoms. The molecule has 3 aromatic rings. The Bertz CT molecular complexity index is 1120. The van der Waals surface area contributed by atoms with Crippen LogP contribution in [0.25, 0.3) is 0 Å². The van der Waals surface area contributed by atoms with E-state index in [2.05, 4.69) is 4.98 Å². The van der Waals surface area contributed by atoms with Crippen molar-refractivity contribution in [2.75, 3.05) is 5.73 Å². The van der Waals surface area contributed by atoms with Gasteiger partial charge in [-0.15, -0.1) is 0 Å². The molecule has 0 spiro atoms. The molecule has 6 nitrogen and oxygen atoms in total. The van der Waals surface area contributed by atoms with Crippen LogP contribution >= 0.6 is 11.3 Å².